The van der Waals surface area contributed by atoms with Crippen molar-refractivity contribution in [2.45, 2.75) is 134 Å². The van der Waals surface area contributed by atoms with E-state index in [1.165, 1.54) is 6.92 Å². The number of halogens is 3. The molecule has 11 nitrogen and oxygen atoms in total. The molecule has 4 rings (SSSR count). The Hall–Kier alpha value is -1.70. The first kappa shape index (κ1) is 42.0. The molecule has 0 saturated carbocycles. The first-order valence-electron chi connectivity index (χ1n) is 18.0. The molecule has 51 heavy (non-hydrogen) atoms. The van der Waals surface area contributed by atoms with Crippen LogP contribution in [0.25, 0.3) is 0 Å². The SMILES string of the molecule is CCC1O[C@@H](OCC2O[C@@H](OC(=N)C(Cl)(Cl)Cl)C(OC(=O)c3ccccc3)[C@@H](C)[C@H]2C)C(O[C@@H]2OC(CC)[C@H](C)[C@H](C)C2OC(C)=O)[C@@H](C)[C@H]1C. The van der Waals surface area contributed by atoms with Crippen molar-refractivity contribution in [3.8, 4) is 0 Å². The van der Waals surface area contributed by atoms with E-state index < -0.39 is 64.9 Å². The average molecular weight is 779 g/mol. The van der Waals surface area contributed by atoms with Gasteiger partial charge in [-0.05, 0) is 48.6 Å². The number of alkyl halides is 3. The van der Waals surface area contributed by atoms with Gasteiger partial charge in [-0.25, -0.2) is 4.79 Å². The van der Waals surface area contributed by atoms with E-state index >= 15 is 0 Å². The minimum Gasteiger partial charge on any atom is -0.457 e. The molecule has 0 aliphatic carbocycles. The lowest BCUT2D eigenvalue weighted by atomic mass is 9.81. The fourth-order valence-corrected chi connectivity index (χ4v) is 7.38. The number of rotatable bonds is 11. The van der Waals surface area contributed by atoms with E-state index in [0.29, 0.717) is 5.56 Å². The maximum Gasteiger partial charge on any atom is 0.338 e. The highest BCUT2D eigenvalue weighted by molar-refractivity contribution is 6.76. The third kappa shape index (κ3) is 10.1. The lowest BCUT2D eigenvalue weighted by molar-refractivity contribution is -0.350. The molecule has 1 aromatic rings. The van der Waals surface area contributed by atoms with Crippen LogP contribution in [0.15, 0.2) is 30.3 Å². The van der Waals surface area contributed by atoms with Gasteiger partial charge in [0, 0.05) is 18.8 Å². The largest absolute Gasteiger partial charge is 0.457 e. The molecular weight excluding hydrogens is 725 g/mol. The van der Waals surface area contributed by atoms with Gasteiger partial charge in [-0.1, -0.05) is 108 Å². The van der Waals surface area contributed by atoms with Gasteiger partial charge in [-0.2, -0.15) is 0 Å². The van der Waals surface area contributed by atoms with Crippen LogP contribution in [0.4, 0.5) is 0 Å². The van der Waals surface area contributed by atoms with Gasteiger partial charge in [0.25, 0.3) is 3.79 Å². The number of carbonyl (C=O) groups excluding carboxylic acids is 2. The number of ether oxygens (including phenoxy) is 8. The summed E-state index contributed by atoms with van der Waals surface area (Å²) in [4.78, 5) is 25.3. The number of esters is 2. The topological polar surface area (TPSA) is 132 Å². The van der Waals surface area contributed by atoms with Crippen molar-refractivity contribution in [2.75, 3.05) is 6.61 Å². The molecule has 15 atom stereocenters. The van der Waals surface area contributed by atoms with Crippen LogP contribution in [-0.2, 0) is 42.7 Å². The van der Waals surface area contributed by atoms with Crippen molar-refractivity contribution in [1.82, 2.24) is 0 Å². The molecule has 3 saturated heterocycles. The molecular formula is C37H54Cl3NO10. The van der Waals surface area contributed by atoms with Crippen molar-refractivity contribution < 1.29 is 47.5 Å². The van der Waals surface area contributed by atoms with E-state index in [4.69, 9.17) is 78.1 Å². The van der Waals surface area contributed by atoms with Crippen molar-refractivity contribution in [3.63, 3.8) is 0 Å². The van der Waals surface area contributed by atoms with Gasteiger partial charge in [0.2, 0.25) is 12.2 Å². The van der Waals surface area contributed by atoms with Gasteiger partial charge >= 0.3 is 11.9 Å². The minimum absolute atomic E-state index is 0.0112. The number of hydrogen-bond acceptors (Lipinski definition) is 11. The van der Waals surface area contributed by atoms with Crippen LogP contribution in [0.2, 0.25) is 0 Å². The molecule has 288 valence electrons. The molecule has 0 radical (unpaired) electrons. The second-order valence-corrected chi connectivity index (χ2v) is 16.6. The number of hydrogen-bond donors (Lipinski definition) is 1. The molecule has 3 fully saturated rings. The Labute approximate surface area is 317 Å². The summed E-state index contributed by atoms with van der Waals surface area (Å²) in [6.45, 7) is 17.8. The van der Waals surface area contributed by atoms with Crippen molar-refractivity contribution >= 4 is 52.6 Å². The van der Waals surface area contributed by atoms with E-state index in [-0.39, 0.29) is 54.3 Å². The minimum atomic E-state index is -2.17. The zero-order chi connectivity index (χ0) is 37.8. The molecule has 3 aliphatic rings. The Kier molecular flexibility index (Phi) is 14.9. The lowest BCUT2D eigenvalue weighted by Crippen LogP contribution is -2.58. The Morgan fingerprint density at radius 2 is 1.18 bits per heavy atom. The Balaban J connectivity index is 1.56. The van der Waals surface area contributed by atoms with E-state index in [9.17, 15) is 9.59 Å². The second kappa shape index (κ2) is 18.1. The molecule has 0 aromatic heterocycles. The van der Waals surface area contributed by atoms with Gasteiger partial charge in [-0.15, -0.1) is 0 Å². The summed E-state index contributed by atoms with van der Waals surface area (Å²) in [6.07, 6.45) is -4.32. The lowest BCUT2D eigenvalue weighted by Gasteiger charge is -2.49. The zero-order valence-corrected chi connectivity index (χ0v) is 33.2. The second-order valence-electron chi connectivity index (χ2n) is 14.3. The molecule has 0 spiro atoms. The van der Waals surface area contributed by atoms with Crippen LogP contribution in [0.1, 0.15) is 85.5 Å². The zero-order valence-electron chi connectivity index (χ0n) is 30.9. The summed E-state index contributed by atoms with van der Waals surface area (Å²) in [7, 11) is 0. The van der Waals surface area contributed by atoms with Gasteiger partial charge in [0.05, 0.1) is 30.5 Å². The van der Waals surface area contributed by atoms with Crippen molar-refractivity contribution in [3.05, 3.63) is 35.9 Å². The maximum absolute atomic E-state index is 13.1. The first-order valence-corrected chi connectivity index (χ1v) is 19.1. The maximum atomic E-state index is 13.1. The fraction of sp³-hybridized carbons (Fsp3) is 0.757. The van der Waals surface area contributed by atoms with E-state index in [1.807, 2.05) is 13.8 Å². The monoisotopic (exact) mass is 777 g/mol. The molecule has 3 aliphatic heterocycles. The third-order valence-corrected chi connectivity index (χ3v) is 11.6. The average Bonchev–Trinajstić information content (AvgIpc) is 3.09. The van der Waals surface area contributed by atoms with Crippen LogP contribution in [0.3, 0.4) is 0 Å². The molecule has 0 amide bonds. The number of carbonyl (C=O) groups is 2. The van der Waals surface area contributed by atoms with Gasteiger partial charge in [0.15, 0.2) is 24.8 Å². The van der Waals surface area contributed by atoms with Crippen LogP contribution < -0.4 is 0 Å². The summed E-state index contributed by atoms with van der Waals surface area (Å²) in [5.41, 5.74) is 0.347. The highest BCUT2D eigenvalue weighted by atomic mass is 35.6. The highest BCUT2D eigenvalue weighted by Crippen LogP contribution is 2.41. The Morgan fingerprint density at radius 3 is 1.71 bits per heavy atom. The van der Waals surface area contributed by atoms with Crippen molar-refractivity contribution in [1.29, 1.82) is 5.41 Å². The summed E-state index contributed by atoms with van der Waals surface area (Å²) in [5.74, 6) is -1.97. The molecule has 1 aromatic carbocycles. The highest BCUT2D eigenvalue weighted by Gasteiger charge is 2.51. The van der Waals surface area contributed by atoms with Crippen LogP contribution in [0, 0.1) is 40.9 Å². The summed E-state index contributed by atoms with van der Waals surface area (Å²) < 4.78 is 47.9. The Bertz CT molecular complexity index is 1320. The predicted molar refractivity (Wildman–Crippen MR) is 193 cm³/mol. The molecule has 14 heteroatoms. The van der Waals surface area contributed by atoms with E-state index in [0.717, 1.165) is 12.8 Å². The predicted octanol–water partition coefficient (Wildman–Crippen LogP) is 7.72. The summed E-state index contributed by atoms with van der Waals surface area (Å²) in [6, 6.07) is 8.54. The third-order valence-electron chi connectivity index (χ3n) is 11.1. The van der Waals surface area contributed by atoms with Crippen molar-refractivity contribution in [2.24, 2.45) is 35.5 Å². The quantitative estimate of drug-likeness (QED) is 0.103. The van der Waals surface area contributed by atoms with Gasteiger partial charge in [0.1, 0.15) is 6.10 Å². The molecule has 1 N–H and O–H groups in total. The number of nitrogens with one attached hydrogen (secondary N) is 1. The smallest absolute Gasteiger partial charge is 0.338 e. The standard InChI is InChI=1S/C37H54Cl3NO10/c1-10-26-18(3)21(6)29(50-34-30(45-24(9)42)22(7)19(4)27(11-2)47-34)33(46-26)44-17-28-20(5)23(8)31(35(48-28)51-36(41)37(38,39)40)49-32(43)25-15-13-12-14-16-25/h12-16,18-23,26-31,33-35,41H,10-11,17H2,1-9H3/t18-,19-,20-,21+,22+,23+,26?,27?,28?,29?,30?,31?,33-,34+,35+/m1/s1. The van der Waals surface area contributed by atoms with Gasteiger partial charge < -0.3 is 37.9 Å². The van der Waals surface area contributed by atoms with Crippen LogP contribution in [-0.4, -0.2) is 83.7 Å². The summed E-state index contributed by atoms with van der Waals surface area (Å²) in [5, 5.41) is 8.25. The summed E-state index contributed by atoms with van der Waals surface area (Å²) >= 11 is 17.9. The fourth-order valence-electron chi connectivity index (χ4n) is 7.24. The molecule has 0 bridgehead atoms. The normalized spacial score (nSPS) is 38.8. The molecule has 3 heterocycles. The van der Waals surface area contributed by atoms with Crippen LogP contribution >= 0.6 is 34.8 Å². The Morgan fingerprint density at radius 1 is 0.686 bits per heavy atom. The van der Waals surface area contributed by atoms with Gasteiger partial charge in [-0.3, -0.25) is 10.2 Å². The first-order chi connectivity index (χ1) is 24.0. The number of benzene rings is 1. The van der Waals surface area contributed by atoms with E-state index in [2.05, 4.69) is 41.5 Å². The van der Waals surface area contributed by atoms with Crippen LogP contribution in [0.5, 0.6) is 0 Å². The van der Waals surface area contributed by atoms with E-state index in [1.54, 1.807) is 30.3 Å². The molecule has 6 unspecified atom stereocenters.